The first kappa shape index (κ1) is 36.1. The van der Waals surface area contributed by atoms with Crippen molar-refractivity contribution in [3.63, 3.8) is 0 Å². The lowest BCUT2D eigenvalue weighted by atomic mass is 9.79. The molecule has 8 heteroatoms. The van der Waals surface area contributed by atoms with E-state index in [0.29, 0.717) is 24.7 Å². The van der Waals surface area contributed by atoms with Gasteiger partial charge in [-0.25, -0.2) is 4.57 Å². The quantitative estimate of drug-likeness (QED) is 0.0848. The van der Waals surface area contributed by atoms with E-state index in [1.165, 1.54) is 51.4 Å². The normalized spacial score (nSPS) is 13.5. The molecule has 6 nitrogen and oxygen atoms in total. The van der Waals surface area contributed by atoms with Crippen molar-refractivity contribution in [3.05, 3.63) is 70.2 Å². The topological polar surface area (TPSA) is 68.9 Å². The predicted molar refractivity (Wildman–Crippen MR) is 182 cm³/mol. The number of benzene rings is 2. The van der Waals surface area contributed by atoms with E-state index >= 15 is 0 Å². The van der Waals surface area contributed by atoms with Gasteiger partial charge in [-0.3, -0.25) is 4.89 Å². The number of nitrogens with zero attached hydrogens (tertiary/aromatic N) is 1. The van der Waals surface area contributed by atoms with Crippen LogP contribution in [-0.2, 0) is 21.9 Å². The van der Waals surface area contributed by atoms with Crippen LogP contribution in [0.4, 0.5) is 0 Å². The van der Waals surface area contributed by atoms with Crippen molar-refractivity contribution in [1.82, 2.24) is 0 Å². The van der Waals surface area contributed by atoms with E-state index in [4.69, 9.17) is 13.8 Å². The highest BCUT2D eigenvalue weighted by Crippen LogP contribution is 2.49. The second kappa shape index (κ2) is 16.8. The standard InChI is InChI=1S/C36H54NO5PS/c1-8-9-10-11-12-13-14-15-16-17-22-40-33-26-34(32(36(5,6)7)25-31(33)35(2,3)4)42-43(38,39)41-30-20-18-19-29(24-30)27-37-21-23-44-28-37/h18-21,23-26,28H,8-17,22,27H2,1-7H3/p+1. The third kappa shape index (κ3) is 12.2. The van der Waals surface area contributed by atoms with Gasteiger partial charge in [-0.1, -0.05) is 130 Å². The lowest BCUT2D eigenvalue weighted by molar-refractivity contribution is -0.683. The fourth-order valence-corrected chi connectivity index (χ4v) is 6.65. The van der Waals surface area contributed by atoms with E-state index in [1.807, 2.05) is 33.8 Å². The minimum Gasteiger partial charge on any atom is -0.493 e. The number of ether oxygens (including phenoxy) is 1. The molecule has 44 heavy (non-hydrogen) atoms. The van der Waals surface area contributed by atoms with E-state index in [2.05, 4.69) is 54.5 Å². The lowest BCUT2D eigenvalue weighted by Crippen LogP contribution is -2.30. The van der Waals surface area contributed by atoms with Crippen molar-refractivity contribution in [3.8, 4) is 17.2 Å². The zero-order valence-electron chi connectivity index (χ0n) is 28.1. The van der Waals surface area contributed by atoms with Crippen molar-refractivity contribution in [2.24, 2.45) is 0 Å². The van der Waals surface area contributed by atoms with Gasteiger partial charge in [-0.15, -0.1) is 0 Å². The van der Waals surface area contributed by atoms with Crippen molar-refractivity contribution in [2.45, 2.75) is 130 Å². The third-order valence-electron chi connectivity index (χ3n) is 7.68. The first-order valence-corrected chi connectivity index (χ1v) is 18.8. The molecule has 3 aromatic rings. The minimum absolute atomic E-state index is 0.189. The number of phosphoric ester groups is 1. The summed E-state index contributed by atoms with van der Waals surface area (Å²) in [6.07, 6.45) is 14.6. The maximum Gasteiger partial charge on any atom is 0.584 e. The Morgan fingerprint density at radius 1 is 0.795 bits per heavy atom. The summed E-state index contributed by atoms with van der Waals surface area (Å²) in [7, 11) is -4.52. The Bertz CT molecular complexity index is 1330. The van der Waals surface area contributed by atoms with Crippen LogP contribution < -0.4 is 18.4 Å². The molecule has 0 spiro atoms. The molecule has 3 rings (SSSR count). The molecule has 0 radical (unpaired) electrons. The number of thiazole rings is 1. The van der Waals surface area contributed by atoms with Crippen LogP contribution in [0.25, 0.3) is 0 Å². The molecule has 1 atom stereocenters. The molecule has 1 N–H and O–H groups in total. The molecular weight excluding hydrogens is 589 g/mol. The summed E-state index contributed by atoms with van der Waals surface area (Å²) in [4.78, 5) is 10.9. The summed E-state index contributed by atoms with van der Waals surface area (Å²) < 4.78 is 33.2. The monoisotopic (exact) mass is 644 g/mol. The summed E-state index contributed by atoms with van der Waals surface area (Å²) in [5.74, 6) is 1.27. The highest BCUT2D eigenvalue weighted by Gasteiger charge is 2.32. The molecule has 0 aliphatic heterocycles. The van der Waals surface area contributed by atoms with Gasteiger partial charge >= 0.3 is 7.82 Å². The van der Waals surface area contributed by atoms with E-state index in [9.17, 15) is 9.46 Å². The van der Waals surface area contributed by atoms with Crippen LogP contribution in [0.2, 0.25) is 0 Å². The van der Waals surface area contributed by atoms with E-state index in [1.54, 1.807) is 29.5 Å². The number of hydrogen-bond acceptors (Lipinski definition) is 5. The maximum absolute atomic E-state index is 13.4. The summed E-state index contributed by atoms with van der Waals surface area (Å²) in [6.45, 7) is 16.2. The molecule has 244 valence electrons. The van der Waals surface area contributed by atoms with Gasteiger partial charge in [-0.2, -0.15) is 4.57 Å². The van der Waals surface area contributed by atoms with Gasteiger partial charge in [0.25, 0.3) is 0 Å². The lowest BCUT2D eigenvalue weighted by Gasteiger charge is -2.29. The number of aromatic nitrogens is 1. The molecule has 1 heterocycles. The molecule has 0 aliphatic carbocycles. The molecule has 0 bridgehead atoms. The molecular formula is C36H55NO5PS+. The SMILES string of the molecule is CCCCCCCCCCCCOc1cc(OP(=O)(O)Oc2cccc(C[n+]3ccsc3)c2)c(C(C)(C)C)cc1C(C)(C)C. The zero-order valence-corrected chi connectivity index (χ0v) is 29.8. The highest BCUT2D eigenvalue weighted by molar-refractivity contribution is 7.48. The van der Waals surface area contributed by atoms with Crippen molar-refractivity contribution in [1.29, 1.82) is 0 Å². The Hall–Kier alpha value is -2.34. The summed E-state index contributed by atoms with van der Waals surface area (Å²) in [5, 5.41) is 2.00. The summed E-state index contributed by atoms with van der Waals surface area (Å²) in [6, 6.07) is 11.1. The number of unbranched alkanes of at least 4 members (excludes halogenated alkanes) is 9. The van der Waals surface area contributed by atoms with Crippen LogP contribution in [0.5, 0.6) is 17.2 Å². The summed E-state index contributed by atoms with van der Waals surface area (Å²) in [5.41, 5.74) is 4.31. The van der Waals surface area contributed by atoms with E-state index < -0.39 is 7.82 Å². The van der Waals surface area contributed by atoms with Crippen LogP contribution in [0.15, 0.2) is 53.5 Å². The molecule has 0 amide bonds. The minimum atomic E-state index is -4.52. The molecule has 1 aromatic heterocycles. The molecule has 0 saturated carbocycles. The number of hydrogen-bond donors (Lipinski definition) is 1. The fraction of sp³-hybridized carbons (Fsp3) is 0.583. The highest BCUT2D eigenvalue weighted by atomic mass is 32.1. The van der Waals surface area contributed by atoms with Gasteiger partial charge in [0.05, 0.1) is 12.0 Å². The van der Waals surface area contributed by atoms with Gasteiger partial charge in [-0.05, 0) is 35.4 Å². The molecule has 0 fully saturated rings. The Morgan fingerprint density at radius 3 is 2.00 bits per heavy atom. The van der Waals surface area contributed by atoms with Crippen LogP contribution >= 0.6 is 19.2 Å². The molecule has 2 aromatic carbocycles. The fourth-order valence-electron chi connectivity index (χ4n) is 5.24. The van der Waals surface area contributed by atoms with Gasteiger partial charge < -0.3 is 13.8 Å². The van der Waals surface area contributed by atoms with Crippen molar-refractivity contribution >= 4 is 19.2 Å². The van der Waals surface area contributed by atoms with Gasteiger partial charge in [0.1, 0.15) is 17.2 Å². The van der Waals surface area contributed by atoms with Gasteiger partial charge in [0.2, 0.25) is 5.51 Å². The Morgan fingerprint density at radius 2 is 1.41 bits per heavy atom. The van der Waals surface area contributed by atoms with Gasteiger partial charge in [0, 0.05) is 22.8 Å². The number of phosphoric acid groups is 1. The molecule has 0 saturated heterocycles. The number of rotatable bonds is 18. The van der Waals surface area contributed by atoms with Crippen LogP contribution in [-0.4, -0.2) is 11.5 Å². The van der Waals surface area contributed by atoms with Crippen LogP contribution in [0, 0.1) is 0 Å². The van der Waals surface area contributed by atoms with Crippen molar-refractivity contribution < 1.29 is 27.8 Å². The van der Waals surface area contributed by atoms with E-state index in [-0.39, 0.29) is 16.6 Å². The van der Waals surface area contributed by atoms with Crippen LogP contribution in [0.1, 0.15) is 129 Å². The third-order valence-corrected chi connectivity index (χ3v) is 9.22. The van der Waals surface area contributed by atoms with Crippen molar-refractivity contribution in [2.75, 3.05) is 6.61 Å². The average Bonchev–Trinajstić information content (AvgIpc) is 3.43. The Balaban J connectivity index is 1.70. The molecule has 0 aliphatic rings. The predicted octanol–water partition coefficient (Wildman–Crippen LogP) is 10.5. The summed E-state index contributed by atoms with van der Waals surface area (Å²) >= 11 is 1.61. The second-order valence-corrected chi connectivity index (χ2v) is 15.9. The van der Waals surface area contributed by atoms with E-state index in [0.717, 1.165) is 29.5 Å². The maximum atomic E-state index is 13.4. The largest absolute Gasteiger partial charge is 0.584 e. The Labute approximate surface area is 270 Å². The first-order chi connectivity index (χ1) is 20.8. The first-order valence-electron chi connectivity index (χ1n) is 16.3. The van der Waals surface area contributed by atoms with Crippen LogP contribution in [0.3, 0.4) is 0 Å². The average molecular weight is 645 g/mol. The smallest absolute Gasteiger partial charge is 0.493 e. The zero-order chi connectivity index (χ0) is 32.2. The van der Waals surface area contributed by atoms with Gasteiger partial charge in [0.15, 0.2) is 12.7 Å². The molecule has 1 unspecified atom stereocenters. The second-order valence-electron chi connectivity index (χ2n) is 13.9. The Kier molecular flexibility index (Phi) is 13.8.